The number of likely N-dealkylation sites (tertiary alicyclic amines) is 1. The van der Waals surface area contributed by atoms with Crippen molar-refractivity contribution in [3.63, 3.8) is 0 Å². The van der Waals surface area contributed by atoms with Crippen molar-refractivity contribution in [2.24, 2.45) is 5.92 Å². The normalized spacial score (nSPS) is 17.8. The summed E-state index contributed by atoms with van der Waals surface area (Å²) in [7, 11) is 0. The summed E-state index contributed by atoms with van der Waals surface area (Å²) in [5.74, 6) is -1.07. The molecule has 176 valence electrons. The van der Waals surface area contributed by atoms with Crippen LogP contribution in [0.2, 0.25) is 0 Å². The third-order valence-electron chi connectivity index (χ3n) is 5.43. The number of rotatable bonds is 9. The van der Waals surface area contributed by atoms with Crippen LogP contribution in [0.25, 0.3) is 0 Å². The van der Waals surface area contributed by atoms with Gasteiger partial charge in [-0.05, 0) is 45.3 Å². The molecule has 2 aliphatic rings. The molecule has 0 aromatic carbocycles. The van der Waals surface area contributed by atoms with E-state index in [-0.39, 0.29) is 42.4 Å². The van der Waals surface area contributed by atoms with E-state index in [9.17, 15) is 14.4 Å². The van der Waals surface area contributed by atoms with Gasteiger partial charge in [-0.25, -0.2) is 9.59 Å². The summed E-state index contributed by atoms with van der Waals surface area (Å²) in [6.07, 6.45) is 3.11. The lowest BCUT2D eigenvalue weighted by Crippen LogP contribution is -2.41. The Morgan fingerprint density at radius 2 is 1.88 bits per heavy atom. The van der Waals surface area contributed by atoms with E-state index in [1.807, 2.05) is 0 Å². The number of esters is 2. The summed E-state index contributed by atoms with van der Waals surface area (Å²) < 4.78 is 21.4. The Balaban J connectivity index is 1.64. The topological polar surface area (TPSA) is 103 Å². The molecule has 0 saturated carbocycles. The molecule has 0 spiro atoms. The number of carbonyl (C=O) groups excluding carboxylic acids is 3. The van der Waals surface area contributed by atoms with E-state index in [1.54, 1.807) is 13.8 Å². The van der Waals surface area contributed by atoms with Gasteiger partial charge in [-0.15, -0.1) is 11.3 Å². The fourth-order valence-electron chi connectivity index (χ4n) is 3.85. The van der Waals surface area contributed by atoms with Crippen LogP contribution < -0.4 is 5.32 Å². The number of hydrogen-bond acceptors (Lipinski definition) is 9. The van der Waals surface area contributed by atoms with Gasteiger partial charge in [0.15, 0.2) is 6.29 Å². The predicted molar refractivity (Wildman–Crippen MR) is 119 cm³/mol. The first kappa shape index (κ1) is 24.4. The van der Waals surface area contributed by atoms with Crippen LogP contribution in [-0.2, 0) is 23.7 Å². The highest BCUT2D eigenvalue weighted by atomic mass is 32.1. The molecule has 2 saturated heterocycles. The summed E-state index contributed by atoms with van der Waals surface area (Å²) in [6.45, 7) is 10.1. The van der Waals surface area contributed by atoms with Crippen LogP contribution in [0.1, 0.15) is 45.4 Å². The van der Waals surface area contributed by atoms with E-state index in [2.05, 4.69) is 16.8 Å². The third-order valence-corrected chi connectivity index (χ3v) is 6.62. The molecular weight excluding hydrogens is 436 g/mol. The molecule has 2 aliphatic heterocycles. The number of amides is 1. The fourth-order valence-corrected chi connectivity index (χ4v) is 4.95. The van der Waals surface area contributed by atoms with Crippen LogP contribution in [-0.4, -0.2) is 75.1 Å². The van der Waals surface area contributed by atoms with Crippen LogP contribution in [0.15, 0.2) is 12.7 Å². The minimum Gasteiger partial charge on any atom is -0.462 e. The van der Waals surface area contributed by atoms with Crippen molar-refractivity contribution in [2.75, 3.05) is 51.4 Å². The monoisotopic (exact) mass is 466 g/mol. The minimum absolute atomic E-state index is 0.0551. The number of nitrogens with one attached hydrogen (secondary N) is 1. The van der Waals surface area contributed by atoms with Crippen LogP contribution in [0.5, 0.6) is 0 Å². The Morgan fingerprint density at radius 3 is 2.50 bits per heavy atom. The first-order chi connectivity index (χ1) is 15.4. The van der Waals surface area contributed by atoms with Gasteiger partial charge < -0.3 is 24.3 Å². The van der Waals surface area contributed by atoms with Crippen LogP contribution in [0.4, 0.5) is 5.00 Å². The molecule has 3 heterocycles. The van der Waals surface area contributed by atoms with Gasteiger partial charge in [-0.2, -0.15) is 0 Å². The molecule has 0 radical (unpaired) electrons. The lowest BCUT2D eigenvalue weighted by molar-refractivity contribution is -0.119. The zero-order valence-electron chi connectivity index (χ0n) is 18.5. The second-order valence-electron chi connectivity index (χ2n) is 7.64. The molecule has 0 aliphatic carbocycles. The molecular formula is C22H30N2O7S. The van der Waals surface area contributed by atoms with Gasteiger partial charge >= 0.3 is 11.9 Å². The zero-order valence-corrected chi connectivity index (χ0v) is 19.3. The van der Waals surface area contributed by atoms with Crippen LogP contribution >= 0.6 is 11.3 Å². The number of anilines is 1. The van der Waals surface area contributed by atoms with Crippen LogP contribution in [0.3, 0.4) is 0 Å². The third kappa shape index (κ3) is 5.94. The Labute approximate surface area is 191 Å². The van der Waals surface area contributed by atoms with Crippen LogP contribution in [0, 0.1) is 12.8 Å². The van der Waals surface area contributed by atoms with E-state index in [0.717, 1.165) is 37.3 Å². The summed E-state index contributed by atoms with van der Waals surface area (Å²) in [6, 6.07) is 0. The molecule has 1 aromatic rings. The highest BCUT2D eigenvalue weighted by Gasteiger charge is 2.31. The Bertz CT molecular complexity index is 840. The predicted octanol–water partition coefficient (Wildman–Crippen LogP) is 2.60. The van der Waals surface area contributed by atoms with Gasteiger partial charge in [-0.1, -0.05) is 12.7 Å². The molecule has 1 aromatic heterocycles. The molecule has 0 unspecified atom stereocenters. The number of piperidine rings is 1. The summed E-state index contributed by atoms with van der Waals surface area (Å²) in [4.78, 5) is 39.9. The molecule has 0 atom stereocenters. The molecule has 1 N–H and O–H groups in total. The van der Waals surface area contributed by atoms with Crippen molar-refractivity contribution in [1.82, 2.24) is 4.90 Å². The van der Waals surface area contributed by atoms with Gasteiger partial charge in [0.1, 0.15) is 16.5 Å². The number of carbonyl (C=O) groups is 3. The van der Waals surface area contributed by atoms with E-state index in [4.69, 9.17) is 18.9 Å². The zero-order chi connectivity index (χ0) is 23.1. The Morgan fingerprint density at radius 1 is 1.19 bits per heavy atom. The molecule has 10 heteroatoms. The SMILES string of the molecule is C=CCOC(=O)c1sc(NC(=O)CN2CCC(C3OCCO3)CC2)c(C(=O)OCC)c1C. The maximum atomic E-state index is 12.7. The second-order valence-corrected chi connectivity index (χ2v) is 8.66. The van der Waals surface area contributed by atoms with E-state index < -0.39 is 11.9 Å². The van der Waals surface area contributed by atoms with E-state index >= 15 is 0 Å². The molecule has 1 amide bonds. The minimum atomic E-state index is -0.586. The molecule has 32 heavy (non-hydrogen) atoms. The highest BCUT2D eigenvalue weighted by molar-refractivity contribution is 7.18. The van der Waals surface area contributed by atoms with E-state index in [0.29, 0.717) is 29.7 Å². The first-order valence-corrected chi connectivity index (χ1v) is 11.6. The van der Waals surface area contributed by atoms with E-state index in [1.165, 1.54) is 6.08 Å². The van der Waals surface area contributed by atoms with Crippen molar-refractivity contribution in [3.05, 3.63) is 28.7 Å². The number of nitrogens with zero attached hydrogens (tertiary/aromatic N) is 1. The highest BCUT2D eigenvalue weighted by Crippen LogP contribution is 2.34. The van der Waals surface area contributed by atoms with Crippen molar-refractivity contribution in [2.45, 2.75) is 33.0 Å². The molecule has 9 nitrogen and oxygen atoms in total. The quantitative estimate of drug-likeness (QED) is 0.438. The smallest absolute Gasteiger partial charge is 0.348 e. The largest absolute Gasteiger partial charge is 0.462 e. The van der Waals surface area contributed by atoms with Gasteiger partial charge in [0.2, 0.25) is 5.91 Å². The lowest BCUT2D eigenvalue weighted by atomic mass is 9.96. The first-order valence-electron chi connectivity index (χ1n) is 10.8. The van der Waals surface area contributed by atoms with Crippen molar-refractivity contribution < 1.29 is 33.3 Å². The molecule has 3 rings (SSSR count). The average molecular weight is 467 g/mol. The number of thiophene rings is 1. The summed E-state index contributed by atoms with van der Waals surface area (Å²) >= 11 is 1.01. The van der Waals surface area contributed by atoms with Crippen molar-refractivity contribution in [3.8, 4) is 0 Å². The lowest BCUT2D eigenvalue weighted by Gasteiger charge is -2.33. The second kappa shape index (κ2) is 11.6. The number of hydrogen-bond donors (Lipinski definition) is 1. The fraction of sp³-hybridized carbons (Fsp3) is 0.591. The van der Waals surface area contributed by atoms with Gasteiger partial charge in [0.25, 0.3) is 0 Å². The van der Waals surface area contributed by atoms with Gasteiger partial charge in [0.05, 0.1) is 31.9 Å². The maximum absolute atomic E-state index is 12.7. The van der Waals surface area contributed by atoms with Crippen molar-refractivity contribution >= 4 is 34.2 Å². The Hall–Kier alpha value is -2.27. The molecule has 2 fully saturated rings. The average Bonchev–Trinajstić information content (AvgIpc) is 3.41. The standard InChI is InChI=1S/C22H30N2O7S/c1-4-10-29-21(27)18-14(3)17(20(26)28-5-2)19(32-18)23-16(25)13-24-8-6-15(7-9-24)22-30-11-12-31-22/h4,15,22H,1,5-13H2,2-3H3,(H,23,25). The molecule has 0 bridgehead atoms. The Kier molecular flexibility index (Phi) is 8.80. The van der Waals surface area contributed by atoms with Gasteiger partial charge in [0, 0.05) is 5.92 Å². The van der Waals surface area contributed by atoms with Gasteiger partial charge in [-0.3, -0.25) is 9.69 Å². The van der Waals surface area contributed by atoms with Crippen molar-refractivity contribution in [1.29, 1.82) is 0 Å². The summed E-state index contributed by atoms with van der Waals surface area (Å²) in [5.41, 5.74) is 0.611. The number of ether oxygens (including phenoxy) is 4. The maximum Gasteiger partial charge on any atom is 0.348 e. The summed E-state index contributed by atoms with van der Waals surface area (Å²) in [5, 5.41) is 3.09.